The van der Waals surface area contributed by atoms with Crippen molar-refractivity contribution in [2.75, 3.05) is 26.2 Å². The van der Waals surface area contributed by atoms with Crippen molar-refractivity contribution in [1.29, 1.82) is 0 Å². The highest BCUT2D eigenvalue weighted by Gasteiger charge is 2.49. The number of piperazine rings is 1. The maximum atomic E-state index is 13.7. The number of carbonyl (C=O) groups excluding carboxylic acids is 2. The molecule has 0 spiro atoms. The first-order chi connectivity index (χ1) is 17.0. The lowest BCUT2D eigenvalue weighted by atomic mass is 9.73. The lowest BCUT2D eigenvalue weighted by molar-refractivity contribution is -0.143. The zero-order chi connectivity index (χ0) is 24.1. The molecule has 6 rings (SSSR count). The topological polar surface area (TPSA) is 77.2 Å². The second-order valence-corrected chi connectivity index (χ2v) is 12.4. The fourth-order valence-corrected chi connectivity index (χ4v) is 8.26. The third-order valence-electron chi connectivity index (χ3n) is 10.1. The molecule has 3 aliphatic heterocycles. The molecular weight excluding hydrogens is 442 g/mol. The molecule has 196 valence electrons. The number of amides is 2. The first kappa shape index (κ1) is 24.0. The summed E-state index contributed by atoms with van der Waals surface area (Å²) in [6.07, 6.45) is 11.4. The summed E-state index contributed by atoms with van der Waals surface area (Å²) in [6, 6.07) is 1.25. The Balaban J connectivity index is 1.17. The molecule has 0 aromatic carbocycles. The highest BCUT2D eigenvalue weighted by molar-refractivity contribution is 5.75. The van der Waals surface area contributed by atoms with Crippen LogP contribution < -0.4 is 10.7 Å². The van der Waals surface area contributed by atoms with Gasteiger partial charge in [-0.25, -0.2) is 9.80 Å². The van der Waals surface area contributed by atoms with Gasteiger partial charge in [-0.2, -0.15) is 0 Å². The lowest BCUT2D eigenvalue weighted by Gasteiger charge is -2.54. The number of carbonyl (C=O) groups is 2. The number of hydrogen-bond donors (Lipinski definition) is 2. The van der Waals surface area contributed by atoms with Crippen molar-refractivity contribution in [3.8, 4) is 0 Å². The summed E-state index contributed by atoms with van der Waals surface area (Å²) in [5.74, 6) is 2.00. The first-order valence-electron chi connectivity index (χ1n) is 14.5. The molecule has 3 aliphatic carbocycles. The first-order valence-corrected chi connectivity index (χ1v) is 14.5. The number of nitrogens with one attached hydrogen (secondary N) is 2. The largest absolute Gasteiger partial charge is 0.444 e. The van der Waals surface area contributed by atoms with Gasteiger partial charge in [0.15, 0.2) is 0 Å². The molecular formula is C27H45N5O3. The Labute approximate surface area is 210 Å². The van der Waals surface area contributed by atoms with Crippen LogP contribution in [0.4, 0.5) is 4.79 Å². The van der Waals surface area contributed by atoms with E-state index < -0.39 is 0 Å². The highest BCUT2D eigenvalue weighted by atomic mass is 16.6. The van der Waals surface area contributed by atoms with Crippen molar-refractivity contribution < 1.29 is 14.3 Å². The molecule has 0 aromatic heterocycles. The molecule has 0 aromatic rings. The van der Waals surface area contributed by atoms with Crippen LogP contribution in [-0.2, 0) is 9.53 Å². The van der Waals surface area contributed by atoms with E-state index in [1.165, 1.54) is 32.1 Å². The molecule has 6 fully saturated rings. The van der Waals surface area contributed by atoms with E-state index >= 15 is 0 Å². The van der Waals surface area contributed by atoms with Crippen LogP contribution in [0.15, 0.2) is 0 Å². The fourth-order valence-electron chi connectivity index (χ4n) is 8.26. The Kier molecular flexibility index (Phi) is 6.73. The van der Waals surface area contributed by atoms with Crippen LogP contribution in [-0.4, -0.2) is 89.3 Å². The average molecular weight is 488 g/mol. The van der Waals surface area contributed by atoms with Crippen molar-refractivity contribution in [1.82, 2.24) is 25.6 Å². The molecule has 3 saturated heterocycles. The molecule has 2 N–H and O–H groups in total. The average Bonchev–Trinajstić information content (AvgIpc) is 3.59. The van der Waals surface area contributed by atoms with E-state index in [9.17, 15) is 9.59 Å². The standard InChI is InChI=1S/C27H45N5O3/c1-17-15-30(27(34)35-25-7-3-5-19-6-4-12-28-26(19)25)24-13-20(8-11-23(24)32(17)18(2)33)21-14-29-31(16-21)22-9-10-22/h17,19-26,28-29H,3-16H2,1-2H3/t17-,19?,20?,21?,23?,24?,25?,26?/m0/s1. The molecule has 7 unspecified atom stereocenters. The van der Waals surface area contributed by atoms with E-state index in [1.54, 1.807) is 6.92 Å². The fraction of sp³-hybridized carbons (Fsp3) is 0.926. The molecule has 6 aliphatic rings. The van der Waals surface area contributed by atoms with Crippen LogP contribution in [0.25, 0.3) is 0 Å². The zero-order valence-electron chi connectivity index (χ0n) is 21.7. The Morgan fingerprint density at radius 1 is 0.886 bits per heavy atom. The van der Waals surface area contributed by atoms with Gasteiger partial charge in [0.05, 0.1) is 12.1 Å². The Bertz CT molecular complexity index is 804. The SMILES string of the molecule is CC(=O)N1C2CCC(C3CNN(C4CC4)C3)CC2N(C(=O)OC2CCCC3CCCNC32)C[C@@H]1C. The molecule has 2 amide bonds. The van der Waals surface area contributed by atoms with Gasteiger partial charge in [0.2, 0.25) is 5.91 Å². The summed E-state index contributed by atoms with van der Waals surface area (Å²) in [6.45, 7) is 7.57. The molecule has 3 saturated carbocycles. The predicted octanol–water partition coefficient (Wildman–Crippen LogP) is 2.73. The Morgan fingerprint density at radius 2 is 1.71 bits per heavy atom. The number of hydrogen-bond acceptors (Lipinski definition) is 6. The Morgan fingerprint density at radius 3 is 2.51 bits per heavy atom. The van der Waals surface area contributed by atoms with Crippen LogP contribution in [0.5, 0.6) is 0 Å². The number of nitrogens with zero attached hydrogens (tertiary/aromatic N) is 3. The summed E-state index contributed by atoms with van der Waals surface area (Å²) in [5, 5.41) is 6.13. The summed E-state index contributed by atoms with van der Waals surface area (Å²) >= 11 is 0. The summed E-state index contributed by atoms with van der Waals surface area (Å²) in [7, 11) is 0. The van der Waals surface area contributed by atoms with Gasteiger partial charge in [-0.05, 0) is 95.4 Å². The van der Waals surface area contributed by atoms with E-state index in [-0.39, 0.29) is 36.2 Å². The van der Waals surface area contributed by atoms with Crippen LogP contribution in [0.2, 0.25) is 0 Å². The number of fused-ring (bicyclic) bond motifs is 2. The van der Waals surface area contributed by atoms with Crippen LogP contribution in [0.1, 0.15) is 78.1 Å². The van der Waals surface area contributed by atoms with Crippen LogP contribution in [0, 0.1) is 17.8 Å². The minimum absolute atomic E-state index is 0.0216. The maximum Gasteiger partial charge on any atom is 0.410 e. The normalized spacial score (nSPS) is 42.3. The third kappa shape index (κ3) is 4.71. The minimum atomic E-state index is -0.141. The summed E-state index contributed by atoms with van der Waals surface area (Å²) in [5.41, 5.74) is 3.64. The van der Waals surface area contributed by atoms with Gasteiger partial charge in [-0.1, -0.05) is 0 Å². The molecule has 8 nitrogen and oxygen atoms in total. The van der Waals surface area contributed by atoms with Crippen LogP contribution >= 0.6 is 0 Å². The smallest absolute Gasteiger partial charge is 0.410 e. The van der Waals surface area contributed by atoms with Gasteiger partial charge in [0, 0.05) is 44.7 Å². The number of piperidine rings is 1. The van der Waals surface area contributed by atoms with Crippen LogP contribution in [0.3, 0.4) is 0 Å². The van der Waals surface area contributed by atoms with Crippen molar-refractivity contribution in [3.05, 3.63) is 0 Å². The van der Waals surface area contributed by atoms with Crippen molar-refractivity contribution in [3.63, 3.8) is 0 Å². The second-order valence-electron chi connectivity index (χ2n) is 12.4. The van der Waals surface area contributed by atoms with Gasteiger partial charge in [-0.15, -0.1) is 0 Å². The zero-order valence-corrected chi connectivity index (χ0v) is 21.7. The summed E-state index contributed by atoms with van der Waals surface area (Å²) in [4.78, 5) is 30.5. The van der Waals surface area contributed by atoms with E-state index in [2.05, 4.69) is 27.6 Å². The quantitative estimate of drug-likeness (QED) is 0.638. The number of ether oxygens (including phenoxy) is 1. The minimum Gasteiger partial charge on any atom is -0.444 e. The summed E-state index contributed by atoms with van der Waals surface area (Å²) < 4.78 is 6.31. The number of hydrazine groups is 1. The van der Waals surface area contributed by atoms with Gasteiger partial charge in [0.1, 0.15) is 6.10 Å². The highest BCUT2D eigenvalue weighted by Crippen LogP contribution is 2.41. The van der Waals surface area contributed by atoms with E-state index in [1.807, 2.05) is 4.90 Å². The Hall–Kier alpha value is -1.38. The van der Waals surface area contributed by atoms with Gasteiger partial charge < -0.3 is 19.9 Å². The maximum absolute atomic E-state index is 13.7. The predicted molar refractivity (Wildman–Crippen MR) is 133 cm³/mol. The van der Waals surface area contributed by atoms with E-state index in [0.717, 1.165) is 57.8 Å². The van der Waals surface area contributed by atoms with Gasteiger partial charge >= 0.3 is 6.09 Å². The van der Waals surface area contributed by atoms with Gasteiger partial charge in [-0.3, -0.25) is 10.2 Å². The van der Waals surface area contributed by atoms with E-state index in [4.69, 9.17) is 4.74 Å². The molecule has 0 radical (unpaired) electrons. The molecule has 35 heavy (non-hydrogen) atoms. The molecule has 8 atom stereocenters. The second kappa shape index (κ2) is 9.82. The van der Waals surface area contributed by atoms with Crippen molar-refractivity contribution >= 4 is 12.0 Å². The molecule has 3 heterocycles. The number of rotatable bonds is 3. The molecule has 8 heteroatoms. The lowest BCUT2D eigenvalue weighted by Crippen LogP contribution is -2.67. The van der Waals surface area contributed by atoms with Crippen molar-refractivity contribution in [2.45, 2.75) is 114 Å². The van der Waals surface area contributed by atoms with Crippen molar-refractivity contribution in [2.24, 2.45) is 17.8 Å². The molecule has 0 bridgehead atoms. The van der Waals surface area contributed by atoms with E-state index in [0.29, 0.717) is 30.3 Å². The third-order valence-corrected chi connectivity index (χ3v) is 10.1. The monoisotopic (exact) mass is 487 g/mol. The van der Waals surface area contributed by atoms with Gasteiger partial charge in [0.25, 0.3) is 0 Å².